The molecule has 3 saturated heterocycles. The highest BCUT2D eigenvalue weighted by Crippen LogP contribution is 2.44. The highest BCUT2D eigenvalue weighted by Gasteiger charge is 2.49. The average Bonchev–Trinajstić information content (AvgIpc) is 3.38. The van der Waals surface area contributed by atoms with Crippen LogP contribution in [-0.4, -0.2) is 45.5 Å². The van der Waals surface area contributed by atoms with Crippen molar-refractivity contribution >= 4 is 0 Å². The van der Waals surface area contributed by atoms with Gasteiger partial charge in [0.2, 0.25) is 0 Å². The summed E-state index contributed by atoms with van der Waals surface area (Å²) < 4.78 is 27.1. The van der Waals surface area contributed by atoms with Crippen LogP contribution < -0.4 is 4.74 Å². The molecule has 3 aromatic rings. The second kappa shape index (κ2) is 9.60. The van der Waals surface area contributed by atoms with Gasteiger partial charge in [0.1, 0.15) is 18.1 Å². The van der Waals surface area contributed by atoms with Crippen LogP contribution in [0.3, 0.4) is 0 Å². The first kappa shape index (κ1) is 23.6. The van der Waals surface area contributed by atoms with Crippen LogP contribution in [0.15, 0.2) is 59.0 Å². The van der Waals surface area contributed by atoms with E-state index < -0.39 is 5.60 Å². The van der Waals surface area contributed by atoms with Crippen LogP contribution in [0.2, 0.25) is 0 Å². The zero-order chi connectivity index (χ0) is 24.6. The van der Waals surface area contributed by atoms with E-state index >= 15 is 0 Å². The molecule has 36 heavy (non-hydrogen) atoms. The Morgan fingerprint density at radius 1 is 0.972 bits per heavy atom. The Morgan fingerprint density at radius 3 is 2.50 bits per heavy atom. The van der Waals surface area contributed by atoms with Crippen molar-refractivity contribution in [3.63, 3.8) is 0 Å². The lowest BCUT2D eigenvalue weighted by Crippen LogP contribution is -2.64. The van der Waals surface area contributed by atoms with Crippen molar-refractivity contribution in [2.45, 2.75) is 63.2 Å². The average molecular weight is 493 g/mol. The third kappa shape index (κ3) is 4.43. The first-order valence-corrected chi connectivity index (χ1v) is 13.4. The molecule has 0 spiro atoms. The summed E-state index contributed by atoms with van der Waals surface area (Å²) in [6.45, 7) is 3.54. The van der Waals surface area contributed by atoms with E-state index in [1.165, 1.54) is 18.6 Å². The van der Waals surface area contributed by atoms with Gasteiger partial charge in [-0.25, -0.2) is 4.39 Å². The van der Waals surface area contributed by atoms with Crippen molar-refractivity contribution in [1.29, 1.82) is 0 Å². The molecule has 0 amide bonds. The number of benzene rings is 2. The van der Waals surface area contributed by atoms with Gasteiger partial charge in [0.05, 0.1) is 13.1 Å². The van der Waals surface area contributed by atoms with Crippen molar-refractivity contribution in [2.75, 3.05) is 19.6 Å². The molecule has 1 saturated carbocycles. The van der Waals surface area contributed by atoms with Gasteiger partial charge in [0.25, 0.3) is 11.8 Å². The quantitative estimate of drug-likeness (QED) is 0.459. The number of aliphatic hydroxyl groups is 1. The molecule has 0 radical (unpaired) electrons. The molecule has 6 nitrogen and oxygen atoms in total. The van der Waals surface area contributed by atoms with E-state index in [9.17, 15) is 9.50 Å². The van der Waals surface area contributed by atoms with Crippen LogP contribution >= 0.6 is 0 Å². The Balaban J connectivity index is 1.23. The maximum Gasteiger partial charge on any atom is 0.271 e. The Bertz CT molecular complexity index is 1170. The number of nitrogens with zero attached hydrogens (tertiary/aromatic N) is 3. The summed E-state index contributed by atoms with van der Waals surface area (Å²) in [6.07, 6.45) is 7.49. The predicted octanol–water partition coefficient (Wildman–Crippen LogP) is 5.21. The van der Waals surface area contributed by atoms with Crippen molar-refractivity contribution < 1.29 is 23.1 Å². The predicted molar refractivity (Wildman–Crippen MR) is 132 cm³/mol. The summed E-state index contributed by atoms with van der Waals surface area (Å²) in [6, 6.07) is 16.2. The van der Waals surface area contributed by atoms with Crippen LogP contribution in [0.25, 0.3) is 0 Å². The number of hydrogen-bond acceptors (Lipinski definition) is 5. The van der Waals surface area contributed by atoms with Crippen molar-refractivity contribution in [1.82, 2.24) is 10.2 Å². The fraction of sp³-hybridized carbons (Fsp3) is 0.517. The van der Waals surface area contributed by atoms with E-state index in [0.717, 1.165) is 68.2 Å². The number of quaternary nitrogens is 1. The van der Waals surface area contributed by atoms with Gasteiger partial charge in [-0.2, -0.15) is 0 Å². The van der Waals surface area contributed by atoms with Gasteiger partial charge in [0.15, 0.2) is 18.2 Å². The van der Waals surface area contributed by atoms with Crippen LogP contribution in [0.4, 0.5) is 4.39 Å². The number of hydrogen-bond donors (Lipinski definition) is 1. The van der Waals surface area contributed by atoms with Crippen molar-refractivity contribution in [3.8, 4) is 5.75 Å². The highest BCUT2D eigenvalue weighted by atomic mass is 19.1. The normalized spacial score (nSPS) is 28.1. The summed E-state index contributed by atoms with van der Waals surface area (Å²) in [5.74, 6) is 1.74. The number of fused-ring (bicyclic) bond motifs is 3. The molecule has 4 fully saturated rings. The molecule has 190 valence electrons. The number of ether oxygens (including phenoxy) is 1. The number of piperidine rings is 3. The molecule has 1 aromatic heterocycles. The van der Waals surface area contributed by atoms with Crippen molar-refractivity contribution in [3.05, 3.63) is 77.8 Å². The van der Waals surface area contributed by atoms with Gasteiger partial charge in [-0.3, -0.25) is 0 Å². The van der Waals surface area contributed by atoms with E-state index in [1.807, 2.05) is 36.4 Å². The first-order chi connectivity index (χ1) is 17.5. The molecule has 7 heteroatoms. The second-order valence-corrected chi connectivity index (χ2v) is 11.0. The zero-order valence-corrected chi connectivity index (χ0v) is 20.7. The van der Waals surface area contributed by atoms with Gasteiger partial charge in [0, 0.05) is 30.7 Å². The number of aromatic nitrogens is 2. The standard InChI is InChI=1S/C29H35FN3O3/c30-24-12-7-13-25(18-24)35-26-19-33(16-14-21(26)15-17-33)20-27-31-32-28(36-27)29(34,22-8-3-1-4-9-22)23-10-5-2-6-11-23/h1,3-4,7-9,12-13,18,21,23,26,34H,2,5-6,10-11,14-17,19-20H2/q+1/t21?,26?,29-,33?/m0/s1. The molecular weight excluding hydrogens is 457 g/mol. The Kier molecular flexibility index (Phi) is 6.30. The smallest absolute Gasteiger partial charge is 0.271 e. The highest BCUT2D eigenvalue weighted by molar-refractivity contribution is 5.29. The van der Waals surface area contributed by atoms with E-state index in [0.29, 0.717) is 30.0 Å². The summed E-state index contributed by atoms with van der Waals surface area (Å²) in [5, 5.41) is 21.0. The summed E-state index contributed by atoms with van der Waals surface area (Å²) in [7, 11) is 0. The van der Waals surface area contributed by atoms with E-state index in [2.05, 4.69) is 10.2 Å². The lowest BCUT2D eigenvalue weighted by molar-refractivity contribution is -0.959. The SMILES string of the molecule is O[C@](c1ccccc1)(c1nnc(C[N+]23CCC(CC2)C(Oc2cccc(F)c2)C3)o1)C1CCCCC1. The topological polar surface area (TPSA) is 68.4 Å². The van der Waals surface area contributed by atoms with Gasteiger partial charge in [-0.15, -0.1) is 10.2 Å². The Hall–Kier alpha value is -2.77. The molecule has 2 bridgehead atoms. The van der Waals surface area contributed by atoms with E-state index in [1.54, 1.807) is 6.07 Å². The summed E-state index contributed by atoms with van der Waals surface area (Å²) in [4.78, 5) is 0. The molecule has 7 rings (SSSR count). The minimum Gasteiger partial charge on any atom is -0.484 e. The Labute approximate surface area is 211 Å². The third-order valence-electron chi connectivity index (χ3n) is 8.80. The summed E-state index contributed by atoms with van der Waals surface area (Å²) in [5.41, 5.74) is -0.452. The van der Waals surface area contributed by atoms with E-state index in [4.69, 9.17) is 9.15 Å². The zero-order valence-electron chi connectivity index (χ0n) is 20.7. The lowest BCUT2D eigenvalue weighted by atomic mass is 9.73. The molecule has 4 aliphatic rings. The molecule has 4 heterocycles. The molecule has 2 atom stereocenters. The molecule has 1 aliphatic carbocycles. The minimum absolute atomic E-state index is 0.0418. The number of halogens is 1. The summed E-state index contributed by atoms with van der Waals surface area (Å²) >= 11 is 0. The molecule has 2 aromatic carbocycles. The fourth-order valence-electron chi connectivity index (χ4n) is 6.80. The van der Waals surface area contributed by atoms with Crippen LogP contribution in [-0.2, 0) is 12.1 Å². The minimum atomic E-state index is -1.27. The van der Waals surface area contributed by atoms with Gasteiger partial charge in [-0.1, -0.05) is 55.7 Å². The maximum absolute atomic E-state index is 13.7. The number of rotatable bonds is 7. The molecular formula is C29H35FN3O3+. The molecule has 3 aliphatic heterocycles. The van der Waals surface area contributed by atoms with E-state index in [-0.39, 0.29) is 17.8 Å². The largest absolute Gasteiger partial charge is 0.484 e. The van der Waals surface area contributed by atoms with Crippen LogP contribution in [0, 0.1) is 17.7 Å². The van der Waals surface area contributed by atoms with Gasteiger partial charge < -0.3 is 18.7 Å². The maximum atomic E-state index is 13.7. The Morgan fingerprint density at radius 2 is 1.75 bits per heavy atom. The lowest BCUT2D eigenvalue weighted by Gasteiger charge is -2.51. The third-order valence-corrected chi connectivity index (χ3v) is 8.80. The molecule has 1 N–H and O–H groups in total. The van der Waals surface area contributed by atoms with Crippen LogP contribution in [0.1, 0.15) is 62.3 Å². The second-order valence-electron chi connectivity index (χ2n) is 11.0. The van der Waals surface area contributed by atoms with Gasteiger partial charge in [-0.05, 0) is 30.5 Å². The molecule has 1 unspecified atom stereocenters. The van der Waals surface area contributed by atoms with Crippen LogP contribution in [0.5, 0.6) is 5.75 Å². The van der Waals surface area contributed by atoms with Gasteiger partial charge >= 0.3 is 0 Å². The fourth-order valence-corrected chi connectivity index (χ4v) is 6.80. The first-order valence-electron chi connectivity index (χ1n) is 13.4. The van der Waals surface area contributed by atoms with Crippen molar-refractivity contribution in [2.24, 2.45) is 11.8 Å². The monoisotopic (exact) mass is 492 g/mol.